The molecular formula is C12H26N2. The third kappa shape index (κ3) is 3.25. The van der Waals surface area contributed by atoms with Gasteiger partial charge in [-0.3, -0.25) is 0 Å². The zero-order valence-corrected chi connectivity index (χ0v) is 10.00. The van der Waals surface area contributed by atoms with Crippen LogP contribution in [0.3, 0.4) is 0 Å². The summed E-state index contributed by atoms with van der Waals surface area (Å²) in [4.78, 5) is 2.60. The minimum Gasteiger partial charge on any atom is -0.327 e. The molecular weight excluding hydrogens is 172 g/mol. The number of rotatable bonds is 4. The highest BCUT2D eigenvalue weighted by Gasteiger charge is 2.23. The first-order valence-corrected chi connectivity index (χ1v) is 6.15. The van der Waals surface area contributed by atoms with Crippen LogP contribution in [0.15, 0.2) is 0 Å². The lowest BCUT2D eigenvalue weighted by atomic mass is 9.93. The molecule has 2 atom stereocenters. The maximum absolute atomic E-state index is 6.01. The van der Waals surface area contributed by atoms with Gasteiger partial charge in [-0.05, 0) is 24.8 Å². The minimum atomic E-state index is 0.438. The maximum atomic E-state index is 6.01. The predicted molar refractivity (Wildman–Crippen MR) is 62.3 cm³/mol. The summed E-state index contributed by atoms with van der Waals surface area (Å²) in [7, 11) is 0. The van der Waals surface area contributed by atoms with Crippen molar-refractivity contribution in [2.75, 3.05) is 19.6 Å². The molecule has 1 heterocycles. The molecule has 1 saturated heterocycles. The van der Waals surface area contributed by atoms with Crippen LogP contribution in [0.1, 0.15) is 40.0 Å². The van der Waals surface area contributed by atoms with Crippen molar-refractivity contribution in [2.24, 2.45) is 17.6 Å². The van der Waals surface area contributed by atoms with Gasteiger partial charge in [0.2, 0.25) is 0 Å². The fourth-order valence-corrected chi connectivity index (χ4v) is 2.33. The minimum absolute atomic E-state index is 0.438. The Morgan fingerprint density at radius 3 is 2.50 bits per heavy atom. The summed E-state index contributed by atoms with van der Waals surface area (Å²) in [6.45, 7) is 10.6. The maximum Gasteiger partial charge on any atom is 0.00889 e. The number of likely N-dealkylation sites (tertiary alicyclic amines) is 1. The van der Waals surface area contributed by atoms with Gasteiger partial charge in [0.1, 0.15) is 0 Å². The highest BCUT2D eigenvalue weighted by Crippen LogP contribution is 2.18. The van der Waals surface area contributed by atoms with E-state index in [9.17, 15) is 0 Å². The van der Waals surface area contributed by atoms with E-state index in [1.54, 1.807) is 0 Å². The van der Waals surface area contributed by atoms with Gasteiger partial charge in [0, 0.05) is 19.1 Å². The van der Waals surface area contributed by atoms with Crippen molar-refractivity contribution in [2.45, 2.75) is 46.1 Å². The largest absolute Gasteiger partial charge is 0.327 e. The lowest BCUT2D eigenvalue weighted by Crippen LogP contribution is -2.47. The molecule has 2 nitrogen and oxygen atoms in total. The van der Waals surface area contributed by atoms with Crippen LogP contribution in [0.2, 0.25) is 0 Å². The normalized spacial score (nSPS) is 29.8. The standard InChI is InChI=1S/C12H26N2/c1-4-11(5-2)9-14-7-6-12(13)10(3)8-14/h10-12H,4-9,13H2,1-3H3. The molecule has 84 valence electrons. The second-order valence-electron chi connectivity index (χ2n) is 4.87. The smallest absolute Gasteiger partial charge is 0.00889 e. The van der Waals surface area contributed by atoms with E-state index in [-0.39, 0.29) is 0 Å². The fourth-order valence-electron chi connectivity index (χ4n) is 2.33. The van der Waals surface area contributed by atoms with E-state index in [4.69, 9.17) is 5.73 Å². The second kappa shape index (κ2) is 5.72. The highest BCUT2D eigenvalue weighted by molar-refractivity contribution is 4.80. The monoisotopic (exact) mass is 198 g/mol. The van der Waals surface area contributed by atoms with Gasteiger partial charge in [-0.2, -0.15) is 0 Å². The molecule has 0 radical (unpaired) electrons. The van der Waals surface area contributed by atoms with Crippen LogP contribution in [-0.2, 0) is 0 Å². The van der Waals surface area contributed by atoms with E-state index in [0.29, 0.717) is 12.0 Å². The molecule has 1 aliphatic rings. The van der Waals surface area contributed by atoms with Crippen molar-refractivity contribution in [3.05, 3.63) is 0 Å². The third-order valence-electron chi connectivity index (χ3n) is 3.73. The topological polar surface area (TPSA) is 29.3 Å². The number of hydrogen-bond donors (Lipinski definition) is 1. The summed E-state index contributed by atoms with van der Waals surface area (Å²) in [6, 6.07) is 0.438. The molecule has 2 N–H and O–H groups in total. The van der Waals surface area contributed by atoms with Gasteiger partial charge in [0.05, 0.1) is 0 Å². The van der Waals surface area contributed by atoms with Gasteiger partial charge in [-0.25, -0.2) is 0 Å². The molecule has 1 aliphatic heterocycles. The van der Waals surface area contributed by atoms with E-state index >= 15 is 0 Å². The molecule has 0 aromatic heterocycles. The van der Waals surface area contributed by atoms with Crippen molar-refractivity contribution < 1.29 is 0 Å². The Kier molecular flexibility index (Phi) is 4.90. The summed E-state index contributed by atoms with van der Waals surface area (Å²) < 4.78 is 0. The van der Waals surface area contributed by atoms with Crippen molar-refractivity contribution in [3.63, 3.8) is 0 Å². The van der Waals surface area contributed by atoms with E-state index in [2.05, 4.69) is 25.7 Å². The average Bonchev–Trinajstić information content (AvgIpc) is 2.19. The molecule has 2 heteroatoms. The number of hydrogen-bond acceptors (Lipinski definition) is 2. The second-order valence-corrected chi connectivity index (χ2v) is 4.87. The number of piperidine rings is 1. The van der Waals surface area contributed by atoms with E-state index < -0.39 is 0 Å². The first kappa shape index (κ1) is 12.0. The van der Waals surface area contributed by atoms with Crippen LogP contribution in [0, 0.1) is 11.8 Å². The van der Waals surface area contributed by atoms with Gasteiger partial charge in [0.15, 0.2) is 0 Å². The summed E-state index contributed by atoms with van der Waals surface area (Å²) in [5, 5.41) is 0. The zero-order chi connectivity index (χ0) is 10.6. The van der Waals surface area contributed by atoms with E-state index in [1.165, 1.54) is 38.9 Å². The lowest BCUT2D eigenvalue weighted by Gasteiger charge is -2.36. The van der Waals surface area contributed by atoms with E-state index in [1.807, 2.05) is 0 Å². The molecule has 14 heavy (non-hydrogen) atoms. The Morgan fingerprint density at radius 1 is 1.36 bits per heavy atom. The summed E-state index contributed by atoms with van der Waals surface area (Å²) in [5.74, 6) is 1.56. The van der Waals surface area contributed by atoms with Crippen LogP contribution >= 0.6 is 0 Å². The molecule has 0 bridgehead atoms. The molecule has 1 rings (SSSR count). The Hall–Kier alpha value is -0.0800. The molecule has 0 saturated carbocycles. The van der Waals surface area contributed by atoms with Crippen LogP contribution in [0.25, 0.3) is 0 Å². The van der Waals surface area contributed by atoms with Gasteiger partial charge in [-0.1, -0.05) is 33.6 Å². The van der Waals surface area contributed by atoms with Crippen molar-refractivity contribution in [1.82, 2.24) is 4.90 Å². The Balaban J connectivity index is 2.32. The Labute approximate surface area is 88.8 Å². The van der Waals surface area contributed by atoms with Crippen LogP contribution in [0.4, 0.5) is 0 Å². The van der Waals surface area contributed by atoms with Gasteiger partial charge < -0.3 is 10.6 Å². The Bertz CT molecular complexity index is 154. The van der Waals surface area contributed by atoms with Crippen LogP contribution in [-0.4, -0.2) is 30.6 Å². The summed E-state index contributed by atoms with van der Waals surface area (Å²) >= 11 is 0. The summed E-state index contributed by atoms with van der Waals surface area (Å²) in [5.41, 5.74) is 6.01. The van der Waals surface area contributed by atoms with Crippen molar-refractivity contribution in [3.8, 4) is 0 Å². The summed E-state index contributed by atoms with van der Waals surface area (Å²) in [6.07, 6.45) is 3.81. The number of nitrogens with two attached hydrogens (primary N) is 1. The number of nitrogens with zero attached hydrogens (tertiary/aromatic N) is 1. The Morgan fingerprint density at radius 2 is 2.00 bits per heavy atom. The SMILES string of the molecule is CCC(CC)CN1CCC(N)C(C)C1. The van der Waals surface area contributed by atoms with E-state index in [0.717, 1.165) is 5.92 Å². The third-order valence-corrected chi connectivity index (χ3v) is 3.73. The lowest BCUT2D eigenvalue weighted by molar-refractivity contribution is 0.140. The molecule has 0 aromatic carbocycles. The van der Waals surface area contributed by atoms with Crippen LogP contribution < -0.4 is 5.73 Å². The van der Waals surface area contributed by atoms with Crippen molar-refractivity contribution in [1.29, 1.82) is 0 Å². The fraction of sp³-hybridized carbons (Fsp3) is 1.00. The highest BCUT2D eigenvalue weighted by atomic mass is 15.1. The molecule has 0 aliphatic carbocycles. The average molecular weight is 198 g/mol. The predicted octanol–water partition coefficient (Wildman–Crippen LogP) is 2.09. The first-order chi connectivity index (χ1) is 6.67. The van der Waals surface area contributed by atoms with Gasteiger partial charge in [0.25, 0.3) is 0 Å². The zero-order valence-electron chi connectivity index (χ0n) is 10.00. The molecule has 0 spiro atoms. The molecule has 2 unspecified atom stereocenters. The van der Waals surface area contributed by atoms with Crippen LogP contribution in [0.5, 0.6) is 0 Å². The van der Waals surface area contributed by atoms with Gasteiger partial charge in [-0.15, -0.1) is 0 Å². The molecule has 0 aromatic rings. The quantitative estimate of drug-likeness (QED) is 0.749. The molecule has 1 fully saturated rings. The van der Waals surface area contributed by atoms with Gasteiger partial charge >= 0.3 is 0 Å². The van der Waals surface area contributed by atoms with Crippen molar-refractivity contribution >= 4 is 0 Å². The first-order valence-electron chi connectivity index (χ1n) is 6.15. The molecule has 0 amide bonds.